The Kier molecular flexibility index (Phi) is 3.68. The van der Waals surface area contributed by atoms with E-state index in [1.807, 2.05) is 6.92 Å². The Morgan fingerprint density at radius 3 is 2.73 bits per heavy atom. The number of hydrogen-bond donors (Lipinski definition) is 2. The number of hydrogen-bond acceptors (Lipinski definition) is 3. The highest BCUT2D eigenvalue weighted by Gasteiger charge is 2.45. The highest BCUT2D eigenvalue weighted by Crippen LogP contribution is 2.28. The van der Waals surface area contributed by atoms with Crippen LogP contribution in [0.3, 0.4) is 0 Å². The molecule has 1 fully saturated rings. The SMILES string of the molecule is CCNCC(=O)N1CCCC1(C)C(=O)O. The summed E-state index contributed by atoms with van der Waals surface area (Å²) in [6.45, 7) is 5.01. The van der Waals surface area contributed by atoms with Gasteiger partial charge in [-0.05, 0) is 26.3 Å². The van der Waals surface area contributed by atoms with Crippen molar-refractivity contribution in [3.63, 3.8) is 0 Å². The molecule has 0 aromatic carbocycles. The van der Waals surface area contributed by atoms with Crippen LogP contribution in [0.2, 0.25) is 0 Å². The number of nitrogens with zero attached hydrogens (tertiary/aromatic N) is 1. The first-order valence-electron chi connectivity index (χ1n) is 5.27. The van der Waals surface area contributed by atoms with Crippen LogP contribution in [0.15, 0.2) is 0 Å². The fourth-order valence-corrected chi connectivity index (χ4v) is 1.91. The minimum Gasteiger partial charge on any atom is -0.480 e. The zero-order valence-corrected chi connectivity index (χ0v) is 9.25. The van der Waals surface area contributed by atoms with E-state index in [0.717, 1.165) is 6.42 Å². The van der Waals surface area contributed by atoms with Crippen LogP contribution in [0.4, 0.5) is 0 Å². The predicted octanol–water partition coefficient (Wildman–Crippen LogP) is 0.0616. The molecule has 1 unspecified atom stereocenters. The predicted molar refractivity (Wildman–Crippen MR) is 55.5 cm³/mol. The molecule has 0 saturated carbocycles. The molecular formula is C10H18N2O3. The number of carboxylic acid groups (broad SMARTS) is 1. The van der Waals surface area contributed by atoms with Crippen LogP contribution in [0.1, 0.15) is 26.7 Å². The minimum absolute atomic E-state index is 0.126. The fourth-order valence-electron chi connectivity index (χ4n) is 1.91. The molecule has 86 valence electrons. The van der Waals surface area contributed by atoms with Gasteiger partial charge in [-0.3, -0.25) is 4.79 Å². The molecule has 1 saturated heterocycles. The van der Waals surface area contributed by atoms with Gasteiger partial charge in [0.25, 0.3) is 0 Å². The molecule has 0 radical (unpaired) electrons. The van der Waals surface area contributed by atoms with Gasteiger partial charge in [0.15, 0.2) is 0 Å². The first-order valence-corrected chi connectivity index (χ1v) is 5.27. The van der Waals surface area contributed by atoms with Crippen LogP contribution >= 0.6 is 0 Å². The van der Waals surface area contributed by atoms with Crippen molar-refractivity contribution in [1.82, 2.24) is 10.2 Å². The summed E-state index contributed by atoms with van der Waals surface area (Å²) in [5.74, 6) is -1.04. The van der Waals surface area contributed by atoms with E-state index in [1.165, 1.54) is 4.90 Å². The number of nitrogens with one attached hydrogen (secondary N) is 1. The van der Waals surface area contributed by atoms with Crippen molar-refractivity contribution in [2.24, 2.45) is 0 Å². The average Bonchev–Trinajstić information content (AvgIpc) is 2.58. The number of rotatable bonds is 4. The topological polar surface area (TPSA) is 69.6 Å². The van der Waals surface area contributed by atoms with Gasteiger partial charge in [0.2, 0.25) is 5.91 Å². The lowest BCUT2D eigenvalue weighted by molar-refractivity contribution is -0.154. The van der Waals surface area contributed by atoms with Gasteiger partial charge in [-0.15, -0.1) is 0 Å². The Bertz CT molecular complexity index is 267. The minimum atomic E-state index is -1.01. The molecule has 0 aromatic rings. The van der Waals surface area contributed by atoms with Gasteiger partial charge in [-0.2, -0.15) is 0 Å². The second-order valence-electron chi connectivity index (χ2n) is 4.01. The molecule has 15 heavy (non-hydrogen) atoms. The highest BCUT2D eigenvalue weighted by atomic mass is 16.4. The summed E-state index contributed by atoms with van der Waals surface area (Å²) in [4.78, 5) is 24.3. The number of carbonyl (C=O) groups is 2. The third-order valence-corrected chi connectivity index (χ3v) is 2.93. The van der Waals surface area contributed by atoms with Crippen LogP contribution in [0.5, 0.6) is 0 Å². The largest absolute Gasteiger partial charge is 0.480 e. The van der Waals surface area contributed by atoms with E-state index >= 15 is 0 Å². The molecule has 0 aromatic heterocycles. The lowest BCUT2D eigenvalue weighted by Gasteiger charge is -2.31. The Morgan fingerprint density at radius 1 is 1.53 bits per heavy atom. The maximum absolute atomic E-state index is 11.7. The molecule has 1 atom stereocenters. The molecule has 5 heteroatoms. The van der Waals surface area contributed by atoms with Crippen molar-refractivity contribution in [3.05, 3.63) is 0 Å². The number of likely N-dealkylation sites (N-methyl/N-ethyl adjacent to an activating group) is 1. The van der Waals surface area contributed by atoms with Crippen LogP contribution in [-0.2, 0) is 9.59 Å². The molecule has 0 spiro atoms. The van der Waals surface area contributed by atoms with Gasteiger partial charge in [0.05, 0.1) is 6.54 Å². The Morgan fingerprint density at radius 2 is 2.20 bits per heavy atom. The first kappa shape index (κ1) is 12.0. The van der Waals surface area contributed by atoms with Gasteiger partial charge in [0.1, 0.15) is 5.54 Å². The summed E-state index contributed by atoms with van der Waals surface area (Å²) in [6.07, 6.45) is 1.31. The number of carboxylic acids is 1. The van der Waals surface area contributed by atoms with E-state index in [-0.39, 0.29) is 12.5 Å². The number of amides is 1. The molecule has 1 aliphatic heterocycles. The molecule has 0 bridgehead atoms. The standard InChI is InChI=1S/C10H18N2O3/c1-3-11-7-8(13)12-6-4-5-10(12,2)9(14)15/h11H,3-7H2,1-2H3,(H,14,15). The summed E-state index contributed by atoms with van der Waals surface area (Å²) < 4.78 is 0. The highest BCUT2D eigenvalue weighted by molar-refractivity contribution is 5.88. The molecule has 1 aliphatic rings. The third-order valence-electron chi connectivity index (χ3n) is 2.93. The van der Waals surface area contributed by atoms with Gasteiger partial charge in [0, 0.05) is 6.54 Å². The Hall–Kier alpha value is -1.10. The number of likely N-dealkylation sites (tertiary alicyclic amines) is 1. The van der Waals surface area contributed by atoms with Crippen molar-refractivity contribution in [2.45, 2.75) is 32.2 Å². The summed E-state index contributed by atoms with van der Waals surface area (Å²) in [5, 5.41) is 12.0. The lowest BCUT2D eigenvalue weighted by Crippen LogP contribution is -2.53. The van der Waals surface area contributed by atoms with Crippen LogP contribution in [-0.4, -0.2) is 47.1 Å². The fraction of sp³-hybridized carbons (Fsp3) is 0.800. The van der Waals surface area contributed by atoms with Crippen LogP contribution < -0.4 is 5.32 Å². The van der Waals surface area contributed by atoms with E-state index in [9.17, 15) is 9.59 Å². The van der Waals surface area contributed by atoms with E-state index in [0.29, 0.717) is 19.5 Å². The molecule has 1 rings (SSSR count). The second-order valence-corrected chi connectivity index (χ2v) is 4.01. The Labute approximate surface area is 89.4 Å². The van der Waals surface area contributed by atoms with E-state index in [2.05, 4.69) is 5.32 Å². The molecule has 1 amide bonds. The molecule has 1 heterocycles. The van der Waals surface area contributed by atoms with E-state index < -0.39 is 11.5 Å². The summed E-state index contributed by atoms with van der Waals surface area (Å²) >= 11 is 0. The van der Waals surface area contributed by atoms with Crippen molar-refractivity contribution < 1.29 is 14.7 Å². The maximum Gasteiger partial charge on any atom is 0.329 e. The van der Waals surface area contributed by atoms with Crippen molar-refractivity contribution >= 4 is 11.9 Å². The zero-order valence-electron chi connectivity index (χ0n) is 9.25. The third kappa shape index (κ3) is 2.28. The zero-order chi connectivity index (χ0) is 11.5. The van der Waals surface area contributed by atoms with E-state index in [1.54, 1.807) is 6.92 Å². The van der Waals surface area contributed by atoms with Crippen LogP contribution in [0, 0.1) is 0 Å². The molecule has 0 aliphatic carbocycles. The monoisotopic (exact) mass is 214 g/mol. The smallest absolute Gasteiger partial charge is 0.329 e. The van der Waals surface area contributed by atoms with Crippen molar-refractivity contribution in [1.29, 1.82) is 0 Å². The normalized spacial score (nSPS) is 25.6. The number of carbonyl (C=O) groups excluding carboxylic acids is 1. The summed E-state index contributed by atoms with van der Waals surface area (Å²) in [5.41, 5.74) is -1.01. The van der Waals surface area contributed by atoms with Crippen molar-refractivity contribution in [3.8, 4) is 0 Å². The van der Waals surface area contributed by atoms with Gasteiger partial charge < -0.3 is 15.3 Å². The second kappa shape index (κ2) is 4.61. The molecule has 5 nitrogen and oxygen atoms in total. The Balaban J connectivity index is 2.68. The maximum atomic E-state index is 11.7. The molecular weight excluding hydrogens is 196 g/mol. The van der Waals surface area contributed by atoms with Gasteiger partial charge in [-0.1, -0.05) is 6.92 Å². The summed E-state index contributed by atoms with van der Waals surface area (Å²) in [6, 6.07) is 0. The van der Waals surface area contributed by atoms with Crippen LogP contribution in [0.25, 0.3) is 0 Å². The van der Waals surface area contributed by atoms with Gasteiger partial charge in [-0.25, -0.2) is 4.79 Å². The first-order chi connectivity index (χ1) is 7.02. The molecule has 2 N–H and O–H groups in total. The number of aliphatic carboxylic acids is 1. The quantitative estimate of drug-likeness (QED) is 0.694. The van der Waals surface area contributed by atoms with E-state index in [4.69, 9.17) is 5.11 Å². The lowest BCUT2D eigenvalue weighted by atomic mass is 9.99. The summed E-state index contributed by atoms with van der Waals surface area (Å²) in [7, 11) is 0. The van der Waals surface area contributed by atoms with Gasteiger partial charge >= 0.3 is 5.97 Å². The average molecular weight is 214 g/mol. The van der Waals surface area contributed by atoms with Crippen molar-refractivity contribution in [2.75, 3.05) is 19.6 Å².